The van der Waals surface area contributed by atoms with Crippen LogP contribution < -0.4 is 10.2 Å². The predicted molar refractivity (Wildman–Crippen MR) is 103 cm³/mol. The van der Waals surface area contributed by atoms with Crippen LogP contribution in [0.2, 0.25) is 0 Å². The highest BCUT2D eigenvalue weighted by Crippen LogP contribution is 2.30. The minimum atomic E-state index is 0.624. The maximum atomic E-state index is 5.67. The topological polar surface area (TPSA) is 46.0 Å². The standard InChI is InChI=1S/C20H17N3OS/c1-2-24-15-10-11-17-16(13-15)19(14-7-4-3-5-8-14)22-23-20(21-17)18-9-6-12-25-18/h3-13H,2H2,1H3,(H,21,23). The van der Waals surface area contributed by atoms with Crippen LogP contribution in [0.1, 0.15) is 22.9 Å². The van der Waals surface area contributed by atoms with E-state index in [0.717, 1.165) is 39.0 Å². The first-order valence-electron chi connectivity index (χ1n) is 8.14. The molecule has 25 heavy (non-hydrogen) atoms. The van der Waals surface area contributed by atoms with Gasteiger partial charge in [0.25, 0.3) is 0 Å². The number of benzene rings is 2. The van der Waals surface area contributed by atoms with Crippen molar-refractivity contribution in [2.75, 3.05) is 6.61 Å². The van der Waals surface area contributed by atoms with Crippen LogP contribution in [0, 0.1) is 0 Å². The maximum absolute atomic E-state index is 5.67. The highest BCUT2D eigenvalue weighted by atomic mass is 32.1. The average Bonchev–Trinajstić information content (AvgIpc) is 3.11. The zero-order valence-electron chi connectivity index (χ0n) is 13.8. The van der Waals surface area contributed by atoms with Crippen molar-refractivity contribution in [1.82, 2.24) is 5.43 Å². The molecule has 0 unspecified atom stereocenters. The molecule has 0 atom stereocenters. The van der Waals surface area contributed by atoms with Crippen molar-refractivity contribution < 1.29 is 4.74 Å². The van der Waals surface area contributed by atoms with Crippen molar-refractivity contribution >= 4 is 28.6 Å². The summed E-state index contributed by atoms with van der Waals surface area (Å²) in [7, 11) is 0. The number of thiophene rings is 1. The Balaban J connectivity index is 1.87. The summed E-state index contributed by atoms with van der Waals surface area (Å²) in [5.74, 6) is 1.57. The van der Waals surface area contributed by atoms with Gasteiger partial charge in [0.15, 0.2) is 5.84 Å². The summed E-state index contributed by atoms with van der Waals surface area (Å²) in [5.41, 5.74) is 6.86. The van der Waals surface area contributed by atoms with Crippen LogP contribution in [0.15, 0.2) is 76.1 Å². The van der Waals surface area contributed by atoms with Gasteiger partial charge in [-0.05, 0) is 36.6 Å². The molecule has 1 N–H and O–H groups in total. The summed E-state index contributed by atoms with van der Waals surface area (Å²) in [5, 5.41) is 6.69. The molecule has 0 saturated heterocycles. The maximum Gasteiger partial charge on any atom is 0.164 e. The average molecular weight is 347 g/mol. The van der Waals surface area contributed by atoms with Crippen LogP contribution >= 0.6 is 11.3 Å². The van der Waals surface area contributed by atoms with E-state index in [9.17, 15) is 0 Å². The van der Waals surface area contributed by atoms with Crippen molar-refractivity contribution in [2.45, 2.75) is 6.92 Å². The van der Waals surface area contributed by atoms with Crippen LogP contribution in [-0.4, -0.2) is 18.2 Å². The van der Waals surface area contributed by atoms with Crippen LogP contribution in [0.3, 0.4) is 0 Å². The molecule has 0 fully saturated rings. The number of hydrazone groups is 1. The normalized spacial score (nSPS) is 13.2. The van der Waals surface area contributed by atoms with Gasteiger partial charge in [0.05, 0.1) is 17.2 Å². The summed E-state index contributed by atoms with van der Waals surface area (Å²) in [6, 6.07) is 20.1. The Hall–Kier alpha value is -2.92. The molecule has 0 amide bonds. The SMILES string of the molecule is CCOc1ccc2c(c1)C(c1ccccc1)=NNC(c1cccs1)=N2. The first-order valence-corrected chi connectivity index (χ1v) is 9.02. The Morgan fingerprint density at radius 1 is 1.04 bits per heavy atom. The first kappa shape index (κ1) is 15.6. The summed E-state index contributed by atoms with van der Waals surface area (Å²) in [4.78, 5) is 5.86. The van der Waals surface area contributed by atoms with E-state index in [1.54, 1.807) is 11.3 Å². The molecule has 0 saturated carbocycles. The number of hydrogen-bond acceptors (Lipinski definition) is 5. The number of aliphatic imine (C=N–C) groups is 1. The Morgan fingerprint density at radius 3 is 2.68 bits per heavy atom. The van der Waals surface area contributed by atoms with Gasteiger partial charge in [0.1, 0.15) is 11.5 Å². The fraction of sp³-hybridized carbons (Fsp3) is 0.100. The monoisotopic (exact) mass is 347 g/mol. The van der Waals surface area contributed by atoms with Gasteiger partial charge in [0.2, 0.25) is 0 Å². The van der Waals surface area contributed by atoms with E-state index in [1.807, 2.05) is 73.0 Å². The molecule has 2 aromatic carbocycles. The zero-order chi connectivity index (χ0) is 17.1. The van der Waals surface area contributed by atoms with Gasteiger partial charge < -0.3 is 4.74 Å². The molecule has 3 aromatic rings. The van der Waals surface area contributed by atoms with E-state index in [0.29, 0.717) is 6.61 Å². The van der Waals surface area contributed by atoms with E-state index in [2.05, 4.69) is 10.5 Å². The summed E-state index contributed by atoms with van der Waals surface area (Å²) in [6.45, 7) is 2.60. The molecule has 0 spiro atoms. The summed E-state index contributed by atoms with van der Waals surface area (Å²) in [6.07, 6.45) is 0. The van der Waals surface area contributed by atoms with Gasteiger partial charge in [-0.2, -0.15) is 5.10 Å². The second kappa shape index (κ2) is 6.91. The predicted octanol–water partition coefficient (Wildman–Crippen LogP) is 4.58. The largest absolute Gasteiger partial charge is 0.494 e. The molecule has 4 rings (SSSR count). The smallest absolute Gasteiger partial charge is 0.164 e. The lowest BCUT2D eigenvalue weighted by atomic mass is 10.0. The lowest BCUT2D eigenvalue weighted by Gasteiger charge is -2.10. The van der Waals surface area contributed by atoms with E-state index >= 15 is 0 Å². The number of amidine groups is 1. The fourth-order valence-corrected chi connectivity index (χ4v) is 3.38. The third-order valence-electron chi connectivity index (χ3n) is 3.84. The molecule has 2 heterocycles. The van der Waals surface area contributed by atoms with Gasteiger partial charge in [0, 0.05) is 11.1 Å². The second-order valence-corrected chi connectivity index (χ2v) is 6.44. The van der Waals surface area contributed by atoms with Crippen molar-refractivity contribution in [2.24, 2.45) is 10.1 Å². The molecule has 0 bridgehead atoms. The Bertz CT molecular complexity index is 931. The minimum absolute atomic E-state index is 0.624. The molecular formula is C20H17N3OS. The molecule has 1 aliphatic rings. The second-order valence-electron chi connectivity index (χ2n) is 5.49. The van der Waals surface area contributed by atoms with Gasteiger partial charge >= 0.3 is 0 Å². The number of fused-ring (bicyclic) bond motifs is 1. The van der Waals surface area contributed by atoms with Crippen molar-refractivity contribution in [3.05, 3.63) is 82.0 Å². The molecule has 4 nitrogen and oxygen atoms in total. The van der Waals surface area contributed by atoms with Crippen LogP contribution in [0.4, 0.5) is 5.69 Å². The third kappa shape index (κ3) is 3.19. The van der Waals surface area contributed by atoms with Crippen molar-refractivity contribution in [3.63, 3.8) is 0 Å². The van der Waals surface area contributed by atoms with E-state index in [1.165, 1.54) is 0 Å². The van der Waals surface area contributed by atoms with E-state index < -0.39 is 0 Å². The number of nitrogens with one attached hydrogen (secondary N) is 1. The Labute approximate surface area is 150 Å². The van der Waals surface area contributed by atoms with Crippen molar-refractivity contribution in [3.8, 4) is 5.75 Å². The van der Waals surface area contributed by atoms with Gasteiger partial charge in [-0.1, -0.05) is 36.4 Å². The Kier molecular flexibility index (Phi) is 4.31. The molecule has 0 aliphatic carbocycles. The lowest BCUT2D eigenvalue weighted by Crippen LogP contribution is -2.18. The van der Waals surface area contributed by atoms with Crippen LogP contribution in [0.25, 0.3) is 0 Å². The number of nitrogens with zero attached hydrogens (tertiary/aromatic N) is 2. The van der Waals surface area contributed by atoms with Crippen LogP contribution in [-0.2, 0) is 0 Å². The molecular weight excluding hydrogens is 330 g/mol. The number of rotatable bonds is 4. The third-order valence-corrected chi connectivity index (χ3v) is 4.72. The molecule has 0 radical (unpaired) electrons. The molecule has 124 valence electrons. The van der Waals surface area contributed by atoms with Crippen molar-refractivity contribution in [1.29, 1.82) is 0 Å². The summed E-state index contributed by atoms with van der Waals surface area (Å²) < 4.78 is 5.67. The minimum Gasteiger partial charge on any atom is -0.494 e. The fourth-order valence-electron chi connectivity index (χ4n) is 2.71. The quantitative estimate of drug-likeness (QED) is 0.751. The summed E-state index contributed by atoms with van der Waals surface area (Å²) >= 11 is 1.63. The lowest BCUT2D eigenvalue weighted by molar-refractivity contribution is 0.340. The highest BCUT2D eigenvalue weighted by Gasteiger charge is 2.18. The number of hydrogen-bond donors (Lipinski definition) is 1. The molecule has 1 aliphatic heterocycles. The first-order chi connectivity index (χ1) is 12.3. The van der Waals surface area contributed by atoms with Gasteiger partial charge in [-0.15, -0.1) is 11.3 Å². The Morgan fingerprint density at radius 2 is 1.92 bits per heavy atom. The van der Waals surface area contributed by atoms with E-state index in [-0.39, 0.29) is 0 Å². The van der Waals surface area contributed by atoms with Crippen LogP contribution in [0.5, 0.6) is 5.75 Å². The zero-order valence-corrected chi connectivity index (χ0v) is 14.6. The molecule has 1 aromatic heterocycles. The van der Waals surface area contributed by atoms with E-state index in [4.69, 9.17) is 9.73 Å². The highest BCUT2D eigenvalue weighted by molar-refractivity contribution is 7.12. The number of ether oxygens (including phenoxy) is 1. The molecule has 5 heteroatoms. The van der Waals surface area contributed by atoms with Gasteiger partial charge in [-0.25, -0.2) is 4.99 Å². The van der Waals surface area contributed by atoms with Gasteiger partial charge in [-0.3, -0.25) is 5.43 Å².